The van der Waals surface area contributed by atoms with E-state index >= 15 is 0 Å². The smallest absolute Gasteiger partial charge is 0.257 e. The molecule has 0 atom stereocenters. The fraction of sp³-hybridized carbons (Fsp3) is 0.125. The van der Waals surface area contributed by atoms with Gasteiger partial charge in [-0.25, -0.2) is 4.98 Å². The van der Waals surface area contributed by atoms with Crippen LogP contribution < -0.4 is 15.4 Å². The number of amides is 1. The molecule has 1 heterocycles. The van der Waals surface area contributed by atoms with Crippen LogP contribution in [0.1, 0.15) is 21.5 Å². The molecule has 7 heteroatoms. The van der Waals surface area contributed by atoms with Crippen LogP contribution in [-0.2, 0) is 0 Å². The largest absolute Gasteiger partial charge is 0.497 e. The molecule has 0 fully saturated rings. The van der Waals surface area contributed by atoms with Crippen molar-refractivity contribution in [3.05, 3.63) is 77.4 Å². The van der Waals surface area contributed by atoms with E-state index in [0.717, 1.165) is 27.8 Å². The van der Waals surface area contributed by atoms with Crippen molar-refractivity contribution in [3.8, 4) is 17.2 Å². The molecule has 0 saturated carbocycles. The number of fused-ring (bicyclic) bond motifs is 1. The number of aromatic nitrogens is 1. The highest BCUT2D eigenvalue weighted by Gasteiger charge is 2.13. The Morgan fingerprint density at radius 2 is 1.87 bits per heavy atom. The first-order valence-electron chi connectivity index (χ1n) is 9.67. The van der Waals surface area contributed by atoms with Gasteiger partial charge in [-0.05, 0) is 79.7 Å². The van der Waals surface area contributed by atoms with Gasteiger partial charge in [-0.15, -0.1) is 0 Å². The quantitative estimate of drug-likeness (QED) is 0.430. The number of thiocarbonyl (C=S) groups is 1. The van der Waals surface area contributed by atoms with E-state index in [1.54, 1.807) is 31.4 Å². The fourth-order valence-corrected chi connectivity index (χ4v) is 3.54. The Morgan fingerprint density at radius 1 is 1.06 bits per heavy atom. The molecule has 0 aliphatic heterocycles. The minimum Gasteiger partial charge on any atom is -0.497 e. The first-order valence-corrected chi connectivity index (χ1v) is 10.1. The average molecular weight is 432 g/mol. The lowest BCUT2D eigenvalue weighted by Gasteiger charge is -2.10. The summed E-state index contributed by atoms with van der Waals surface area (Å²) in [5, 5.41) is 5.90. The zero-order valence-electron chi connectivity index (χ0n) is 17.4. The van der Waals surface area contributed by atoms with Gasteiger partial charge in [0.15, 0.2) is 10.7 Å². The number of aryl methyl sites for hydroxylation is 2. The lowest BCUT2D eigenvalue weighted by Crippen LogP contribution is -2.34. The van der Waals surface area contributed by atoms with Gasteiger partial charge in [0.25, 0.3) is 5.91 Å². The second-order valence-electron chi connectivity index (χ2n) is 7.17. The predicted molar refractivity (Wildman–Crippen MR) is 126 cm³/mol. The SMILES string of the molecule is COc1cccc(C(=O)NC(=S)Nc2cccc(-c3nc4cc(C)cc(C)c4o3)c2)c1. The van der Waals surface area contributed by atoms with Crippen molar-refractivity contribution in [1.29, 1.82) is 0 Å². The number of methoxy groups -OCH3 is 1. The molecule has 6 nitrogen and oxygen atoms in total. The molecule has 0 radical (unpaired) electrons. The molecule has 0 aliphatic carbocycles. The van der Waals surface area contributed by atoms with Crippen LogP contribution in [-0.4, -0.2) is 23.1 Å². The van der Waals surface area contributed by atoms with E-state index in [0.29, 0.717) is 22.9 Å². The first kappa shape index (κ1) is 20.6. The molecule has 0 unspecified atom stereocenters. The third-order valence-corrected chi connectivity index (χ3v) is 4.95. The first-order chi connectivity index (χ1) is 14.9. The van der Waals surface area contributed by atoms with Gasteiger partial charge in [0.1, 0.15) is 11.3 Å². The zero-order chi connectivity index (χ0) is 22.0. The fourth-order valence-electron chi connectivity index (χ4n) is 3.33. The minimum atomic E-state index is -0.322. The number of hydrogen-bond acceptors (Lipinski definition) is 5. The van der Waals surface area contributed by atoms with Crippen molar-refractivity contribution in [1.82, 2.24) is 10.3 Å². The maximum absolute atomic E-state index is 12.4. The van der Waals surface area contributed by atoms with Gasteiger partial charge in [-0.1, -0.05) is 18.2 Å². The molecule has 4 rings (SSSR count). The topological polar surface area (TPSA) is 76.4 Å². The second kappa shape index (κ2) is 8.57. The molecule has 0 saturated heterocycles. The molecule has 3 aromatic carbocycles. The van der Waals surface area contributed by atoms with E-state index < -0.39 is 0 Å². The number of ether oxygens (including phenoxy) is 1. The van der Waals surface area contributed by atoms with E-state index in [9.17, 15) is 4.79 Å². The number of oxazole rings is 1. The standard InChI is InChI=1S/C24H21N3O3S/c1-14-10-15(2)21-20(11-14)26-23(30-21)17-7-4-8-18(12-17)25-24(31)27-22(28)16-6-5-9-19(13-16)29-3/h4-13H,1-3H3,(H2,25,27,28,31). The van der Waals surface area contributed by atoms with E-state index in [1.165, 1.54) is 0 Å². The molecule has 0 bridgehead atoms. The molecular formula is C24H21N3O3S. The van der Waals surface area contributed by atoms with Crippen molar-refractivity contribution in [2.45, 2.75) is 13.8 Å². The van der Waals surface area contributed by atoms with Gasteiger partial charge in [0.05, 0.1) is 7.11 Å². The molecule has 1 amide bonds. The number of nitrogens with zero attached hydrogens (tertiary/aromatic N) is 1. The Balaban J connectivity index is 1.50. The summed E-state index contributed by atoms with van der Waals surface area (Å²) < 4.78 is 11.1. The number of anilines is 1. The molecule has 0 aliphatic rings. The minimum absolute atomic E-state index is 0.189. The third-order valence-electron chi connectivity index (χ3n) is 4.75. The second-order valence-corrected chi connectivity index (χ2v) is 7.58. The van der Waals surface area contributed by atoms with Gasteiger partial charge in [-0.2, -0.15) is 0 Å². The highest BCUT2D eigenvalue weighted by Crippen LogP contribution is 2.28. The van der Waals surface area contributed by atoms with Crippen molar-refractivity contribution < 1.29 is 13.9 Å². The Bertz CT molecular complexity index is 1300. The Morgan fingerprint density at radius 3 is 2.68 bits per heavy atom. The summed E-state index contributed by atoms with van der Waals surface area (Å²) in [4.78, 5) is 17.1. The number of carbonyl (C=O) groups excluding carboxylic acids is 1. The van der Waals surface area contributed by atoms with Crippen molar-refractivity contribution >= 4 is 40.0 Å². The van der Waals surface area contributed by atoms with Gasteiger partial charge < -0.3 is 14.5 Å². The number of rotatable bonds is 4. The van der Waals surface area contributed by atoms with Crippen LogP contribution >= 0.6 is 12.2 Å². The van der Waals surface area contributed by atoms with Gasteiger partial charge in [0, 0.05) is 16.8 Å². The van der Waals surface area contributed by atoms with Crippen LogP contribution in [0.2, 0.25) is 0 Å². The van der Waals surface area contributed by atoms with Gasteiger partial charge in [0.2, 0.25) is 5.89 Å². The summed E-state index contributed by atoms with van der Waals surface area (Å²) in [5.74, 6) is 0.805. The van der Waals surface area contributed by atoms with E-state index in [-0.39, 0.29) is 11.0 Å². The molecule has 1 aromatic heterocycles. The maximum Gasteiger partial charge on any atom is 0.257 e. The van der Waals surface area contributed by atoms with Crippen LogP contribution in [0.4, 0.5) is 5.69 Å². The van der Waals surface area contributed by atoms with Crippen LogP contribution in [0.3, 0.4) is 0 Å². The normalized spacial score (nSPS) is 10.7. The van der Waals surface area contributed by atoms with Crippen molar-refractivity contribution in [3.63, 3.8) is 0 Å². The highest BCUT2D eigenvalue weighted by atomic mass is 32.1. The summed E-state index contributed by atoms with van der Waals surface area (Å²) in [6, 6.07) is 18.4. The summed E-state index contributed by atoms with van der Waals surface area (Å²) in [7, 11) is 1.55. The lowest BCUT2D eigenvalue weighted by atomic mass is 10.1. The van der Waals surface area contributed by atoms with Crippen molar-refractivity contribution in [2.24, 2.45) is 0 Å². The third kappa shape index (κ3) is 4.57. The monoisotopic (exact) mass is 431 g/mol. The molecule has 156 valence electrons. The number of benzene rings is 3. The van der Waals surface area contributed by atoms with E-state index in [1.807, 2.05) is 44.2 Å². The molecule has 4 aromatic rings. The Hall–Kier alpha value is -3.71. The molecule has 31 heavy (non-hydrogen) atoms. The highest BCUT2D eigenvalue weighted by molar-refractivity contribution is 7.80. The number of carbonyl (C=O) groups is 1. The summed E-state index contributed by atoms with van der Waals surface area (Å²) >= 11 is 5.30. The van der Waals surface area contributed by atoms with Crippen LogP contribution in [0.15, 0.2) is 65.1 Å². The van der Waals surface area contributed by atoms with E-state index in [4.69, 9.17) is 21.4 Å². The summed E-state index contributed by atoms with van der Waals surface area (Å²) in [5.41, 5.74) is 5.76. The molecular weight excluding hydrogens is 410 g/mol. The zero-order valence-corrected chi connectivity index (χ0v) is 18.2. The van der Waals surface area contributed by atoms with Crippen LogP contribution in [0.5, 0.6) is 5.75 Å². The Labute approximate surface area is 185 Å². The number of nitrogens with one attached hydrogen (secondary N) is 2. The van der Waals surface area contributed by atoms with Crippen molar-refractivity contribution in [2.75, 3.05) is 12.4 Å². The summed E-state index contributed by atoms with van der Waals surface area (Å²) in [6.07, 6.45) is 0. The molecule has 2 N–H and O–H groups in total. The van der Waals surface area contributed by atoms with Gasteiger partial charge >= 0.3 is 0 Å². The molecule has 0 spiro atoms. The lowest BCUT2D eigenvalue weighted by molar-refractivity contribution is 0.0977. The van der Waals surface area contributed by atoms with Gasteiger partial charge in [-0.3, -0.25) is 10.1 Å². The maximum atomic E-state index is 12.4. The summed E-state index contributed by atoms with van der Waals surface area (Å²) in [6.45, 7) is 4.04. The Kier molecular flexibility index (Phi) is 5.68. The van der Waals surface area contributed by atoms with Crippen LogP contribution in [0.25, 0.3) is 22.6 Å². The van der Waals surface area contributed by atoms with E-state index in [2.05, 4.69) is 21.7 Å². The predicted octanol–water partition coefficient (Wildman–Crippen LogP) is 5.25. The van der Waals surface area contributed by atoms with Crippen LogP contribution in [0, 0.1) is 13.8 Å². The number of hydrogen-bond donors (Lipinski definition) is 2. The average Bonchev–Trinajstić information content (AvgIpc) is 3.18.